The van der Waals surface area contributed by atoms with Gasteiger partial charge in [-0.15, -0.1) is 0 Å². The Balaban J connectivity index is 2.07. The second-order valence-corrected chi connectivity index (χ2v) is 6.97. The van der Waals surface area contributed by atoms with Gasteiger partial charge in [-0.1, -0.05) is 13.8 Å². The number of pyridine rings is 2. The number of nitrogens with zero attached hydrogens (tertiary/aromatic N) is 3. The monoisotopic (exact) mass is 350 g/mol. The van der Waals surface area contributed by atoms with Gasteiger partial charge in [0.1, 0.15) is 10.7 Å². The van der Waals surface area contributed by atoms with Crippen molar-refractivity contribution in [2.24, 2.45) is 0 Å². The maximum absolute atomic E-state index is 12.4. The molecule has 0 bridgehead atoms. The summed E-state index contributed by atoms with van der Waals surface area (Å²) in [4.78, 5) is 8.43. The van der Waals surface area contributed by atoms with Gasteiger partial charge in [0.25, 0.3) is 0 Å². The van der Waals surface area contributed by atoms with Gasteiger partial charge in [0.15, 0.2) is 0 Å². The third-order valence-corrected chi connectivity index (χ3v) is 5.60. The Morgan fingerprint density at radius 3 is 2.50 bits per heavy atom. The van der Waals surface area contributed by atoms with E-state index >= 15 is 0 Å². The third-order valence-electron chi connectivity index (χ3n) is 3.56. The Kier molecular flexibility index (Phi) is 6.10. The molecule has 0 aliphatic carbocycles. The van der Waals surface area contributed by atoms with Gasteiger partial charge in [0.2, 0.25) is 15.9 Å². The summed E-state index contributed by atoms with van der Waals surface area (Å²) in [5.74, 6) is 1.15. The van der Waals surface area contributed by atoms with Gasteiger partial charge in [0.05, 0.1) is 7.11 Å². The number of rotatable bonds is 8. The molecule has 0 aliphatic rings. The van der Waals surface area contributed by atoms with E-state index in [1.165, 1.54) is 10.5 Å². The standard InChI is InChI=1S/C16H22N4O3S/c1-4-20(5-2)24(21,22)14-6-7-15(19-12-14)18-11-13-8-9-17-16(10-13)23-3/h6-10,12H,4-5,11H2,1-3H3,(H,18,19). The van der Waals surface area contributed by atoms with Crippen molar-refractivity contribution >= 4 is 15.8 Å². The smallest absolute Gasteiger partial charge is 0.244 e. The molecule has 2 heterocycles. The van der Waals surface area contributed by atoms with Crippen molar-refractivity contribution in [1.29, 1.82) is 0 Å². The molecule has 2 rings (SSSR count). The lowest BCUT2D eigenvalue weighted by atomic mass is 10.2. The van der Waals surface area contributed by atoms with Gasteiger partial charge in [0, 0.05) is 38.1 Å². The first kappa shape index (κ1) is 18.2. The molecule has 2 aromatic heterocycles. The van der Waals surface area contributed by atoms with Gasteiger partial charge in [-0.3, -0.25) is 0 Å². The third kappa shape index (κ3) is 4.21. The molecule has 0 atom stereocenters. The van der Waals surface area contributed by atoms with Crippen molar-refractivity contribution in [3.8, 4) is 5.88 Å². The summed E-state index contributed by atoms with van der Waals surface area (Å²) < 4.78 is 31.3. The molecule has 0 radical (unpaired) electrons. The summed E-state index contributed by atoms with van der Waals surface area (Å²) >= 11 is 0. The minimum Gasteiger partial charge on any atom is -0.481 e. The van der Waals surface area contributed by atoms with Crippen LogP contribution in [0.1, 0.15) is 19.4 Å². The first-order valence-electron chi connectivity index (χ1n) is 7.70. The van der Waals surface area contributed by atoms with E-state index < -0.39 is 10.0 Å². The van der Waals surface area contributed by atoms with Gasteiger partial charge in [-0.25, -0.2) is 18.4 Å². The largest absolute Gasteiger partial charge is 0.481 e. The van der Waals surface area contributed by atoms with Crippen LogP contribution in [0.5, 0.6) is 5.88 Å². The molecule has 0 aliphatic heterocycles. The van der Waals surface area contributed by atoms with E-state index in [0.717, 1.165) is 5.56 Å². The summed E-state index contributed by atoms with van der Waals surface area (Å²) in [6.07, 6.45) is 3.05. The van der Waals surface area contributed by atoms with E-state index in [-0.39, 0.29) is 4.90 Å². The van der Waals surface area contributed by atoms with Crippen molar-refractivity contribution in [3.05, 3.63) is 42.2 Å². The molecule has 1 N–H and O–H groups in total. The fraction of sp³-hybridized carbons (Fsp3) is 0.375. The highest BCUT2D eigenvalue weighted by molar-refractivity contribution is 7.89. The molecule has 0 saturated heterocycles. The Hall–Kier alpha value is -2.19. The minimum absolute atomic E-state index is 0.197. The van der Waals surface area contributed by atoms with Crippen LogP contribution >= 0.6 is 0 Å². The summed E-state index contributed by atoms with van der Waals surface area (Å²) in [6, 6.07) is 6.92. The lowest BCUT2D eigenvalue weighted by Gasteiger charge is -2.18. The lowest BCUT2D eigenvalue weighted by molar-refractivity contribution is 0.397. The van der Waals surface area contributed by atoms with Crippen LogP contribution in [0.15, 0.2) is 41.6 Å². The van der Waals surface area contributed by atoms with Gasteiger partial charge < -0.3 is 10.1 Å². The normalized spacial score (nSPS) is 11.5. The van der Waals surface area contributed by atoms with E-state index in [1.807, 2.05) is 26.0 Å². The number of hydrogen-bond donors (Lipinski definition) is 1. The Labute approximate surface area is 142 Å². The molecule has 8 heteroatoms. The highest BCUT2D eigenvalue weighted by Gasteiger charge is 2.21. The molecule has 0 spiro atoms. The van der Waals surface area contributed by atoms with Crippen LogP contribution in [0.25, 0.3) is 0 Å². The number of anilines is 1. The number of sulfonamides is 1. The maximum atomic E-state index is 12.4. The maximum Gasteiger partial charge on any atom is 0.244 e. The van der Waals surface area contributed by atoms with Gasteiger partial charge in [-0.05, 0) is 23.8 Å². The van der Waals surface area contributed by atoms with E-state index in [1.54, 1.807) is 25.4 Å². The lowest BCUT2D eigenvalue weighted by Crippen LogP contribution is -2.30. The highest BCUT2D eigenvalue weighted by atomic mass is 32.2. The first-order chi connectivity index (χ1) is 11.5. The fourth-order valence-corrected chi connectivity index (χ4v) is 3.62. The number of aromatic nitrogens is 2. The van der Waals surface area contributed by atoms with Crippen molar-refractivity contribution in [2.45, 2.75) is 25.3 Å². The molecule has 0 unspecified atom stereocenters. The molecular formula is C16H22N4O3S. The summed E-state index contributed by atoms with van der Waals surface area (Å²) in [7, 11) is -1.91. The molecule has 2 aromatic rings. The van der Waals surface area contributed by atoms with Crippen LogP contribution in [0, 0.1) is 0 Å². The molecule has 130 valence electrons. The van der Waals surface area contributed by atoms with Gasteiger partial charge in [-0.2, -0.15) is 4.31 Å². The van der Waals surface area contributed by atoms with Crippen LogP contribution in [0.2, 0.25) is 0 Å². The summed E-state index contributed by atoms with van der Waals surface area (Å²) in [5, 5.41) is 3.15. The quantitative estimate of drug-likeness (QED) is 0.785. The zero-order valence-electron chi connectivity index (χ0n) is 14.1. The average molecular weight is 350 g/mol. The van der Waals surface area contributed by atoms with E-state index in [2.05, 4.69) is 15.3 Å². The topological polar surface area (TPSA) is 84.4 Å². The second-order valence-electron chi connectivity index (χ2n) is 5.03. The fourth-order valence-electron chi connectivity index (χ4n) is 2.21. The van der Waals surface area contributed by atoms with Crippen molar-refractivity contribution < 1.29 is 13.2 Å². The predicted molar refractivity (Wildman–Crippen MR) is 92.5 cm³/mol. The Bertz CT molecular complexity index is 759. The van der Waals surface area contributed by atoms with Crippen molar-refractivity contribution in [2.75, 3.05) is 25.5 Å². The summed E-state index contributed by atoms with van der Waals surface area (Å²) in [6.45, 7) is 5.03. The zero-order chi connectivity index (χ0) is 17.6. The number of hydrogen-bond acceptors (Lipinski definition) is 6. The molecule has 0 aromatic carbocycles. The number of methoxy groups -OCH3 is 1. The average Bonchev–Trinajstić information content (AvgIpc) is 2.61. The van der Waals surface area contributed by atoms with E-state index in [0.29, 0.717) is 31.3 Å². The molecular weight excluding hydrogens is 328 g/mol. The number of ether oxygens (including phenoxy) is 1. The highest BCUT2D eigenvalue weighted by Crippen LogP contribution is 2.17. The van der Waals surface area contributed by atoms with Crippen LogP contribution in [0.4, 0.5) is 5.82 Å². The summed E-state index contributed by atoms with van der Waals surface area (Å²) in [5.41, 5.74) is 0.989. The minimum atomic E-state index is -3.48. The van der Waals surface area contributed by atoms with E-state index in [4.69, 9.17) is 4.74 Å². The molecule has 0 fully saturated rings. The van der Waals surface area contributed by atoms with Gasteiger partial charge >= 0.3 is 0 Å². The predicted octanol–water partition coefficient (Wildman–Crippen LogP) is 2.13. The number of nitrogens with one attached hydrogen (secondary N) is 1. The second kappa shape index (κ2) is 8.07. The van der Waals surface area contributed by atoms with Crippen LogP contribution in [0.3, 0.4) is 0 Å². The Morgan fingerprint density at radius 2 is 1.92 bits per heavy atom. The van der Waals surface area contributed by atoms with Crippen LogP contribution in [-0.2, 0) is 16.6 Å². The van der Waals surface area contributed by atoms with Crippen LogP contribution < -0.4 is 10.1 Å². The van der Waals surface area contributed by atoms with Crippen molar-refractivity contribution in [3.63, 3.8) is 0 Å². The Morgan fingerprint density at radius 1 is 1.17 bits per heavy atom. The molecule has 24 heavy (non-hydrogen) atoms. The van der Waals surface area contributed by atoms with E-state index in [9.17, 15) is 8.42 Å². The first-order valence-corrected chi connectivity index (χ1v) is 9.14. The van der Waals surface area contributed by atoms with Crippen LogP contribution in [-0.4, -0.2) is 42.9 Å². The molecule has 0 saturated carbocycles. The SMILES string of the molecule is CCN(CC)S(=O)(=O)c1ccc(NCc2ccnc(OC)c2)nc1. The molecule has 0 amide bonds. The molecule has 7 nitrogen and oxygen atoms in total. The van der Waals surface area contributed by atoms with Crippen molar-refractivity contribution in [1.82, 2.24) is 14.3 Å². The zero-order valence-corrected chi connectivity index (χ0v) is 14.9.